The summed E-state index contributed by atoms with van der Waals surface area (Å²) >= 11 is 1.47. The summed E-state index contributed by atoms with van der Waals surface area (Å²) in [6, 6.07) is -4.09. The summed E-state index contributed by atoms with van der Waals surface area (Å²) in [6.45, 7) is 4.04. The Bertz CT molecular complexity index is 710. The van der Waals surface area contributed by atoms with Crippen LogP contribution in [0, 0.1) is 5.92 Å². The van der Waals surface area contributed by atoms with Crippen LogP contribution in [0.5, 0.6) is 0 Å². The maximum atomic E-state index is 13.1. The summed E-state index contributed by atoms with van der Waals surface area (Å²) in [4.78, 5) is 61.1. The molecule has 0 rings (SSSR count). The van der Waals surface area contributed by atoms with Crippen LogP contribution in [0.25, 0.3) is 0 Å². The fourth-order valence-electron chi connectivity index (χ4n) is 3.18. The first-order valence-electron chi connectivity index (χ1n) is 11.8. The highest BCUT2D eigenvalue weighted by atomic mass is 32.2. The average molecular weight is 519 g/mol. The summed E-state index contributed by atoms with van der Waals surface area (Å²) in [5, 5.41) is 17.2. The minimum Gasteiger partial charge on any atom is -0.480 e. The van der Waals surface area contributed by atoms with E-state index in [2.05, 4.69) is 16.0 Å². The van der Waals surface area contributed by atoms with Crippen LogP contribution in [0.3, 0.4) is 0 Å². The zero-order valence-corrected chi connectivity index (χ0v) is 21.7. The van der Waals surface area contributed by atoms with Crippen LogP contribution in [-0.4, -0.2) is 77.4 Å². The molecule has 5 unspecified atom stereocenters. The second-order valence-electron chi connectivity index (χ2n) is 8.51. The first-order chi connectivity index (χ1) is 16.5. The van der Waals surface area contributed by atoms with E-state index in [9.17, 15) is 29.1 Å². The third kappa shape index (κ3) is 13.3. The summed E-state index contributed by atoms with van der Waals surface area (Å²) in [6.07, 6.45) is 4.02. The standard InChI is InChI=1S/C22H42N6O6S/c1-4-13(2)18(28-19(30)14(24)8-9-17(25)29)21(32)26-15(10-12-35-3)20(31)27-16(22(33)34)7-5-6-11-23/h13-16,18H,4-12,23-24H2,1-3H3,(H2,25,29)(H,26,32)(H,27,31)(H,28,30)(H,33,34). The molecule has 0 radical (unpaired) electrons. The zero-order valence-electron chi connectivity index (χ0n) is 20.9. The normalized spacial score (nSPS) is 15.2. The molecule has 0 aliphatic rings. The molecule has 0 aromatic rings. The van der Waals surface area contributed by atoms with Gasteiger partial charge in [0.15, 0.2) is 0 Å². The maximum Gasteiger partial charge on any atom is 0.326 e. The van der Waals surface area contributed by atoms with E-state index in [0.29, 0.717) is 31.6 Å². The molecule has 12 nitrogen and oxygen atoms in total. The molecular weight excluding hydrogens is 476 g/mol. The molecule has 35 heavy (non-hydrogen) atoms. The number of nitrogens with one attached hydrogen (secondary N) is 3. The Balaban J connectivity index is 5.44. The molecule has 0 fully saturated rings. The molecule has 0 spiro atoms. The van der Waals surface area contributed by atoms with Gasteiger partial charge in [0.25, 0.3) is 0 Å². The number of carboxylic acids is 1. The number of nitrogens with two attached hydrogens (primary N) is 3. The van der Waals surface area contributed by atoms with E-state index in [1.807, 2.05) is 13.2 Å². The summed E-state index contributed by atoms with van der Waals surface area (Å²) in [5.41, 5.74) is 16.4. The number of hydrogen-bond donors (Lipinski definition) is 7. The Morgan fingerprint density at radius 2 is 1.54 bits per heavy atom. The summed E-state index contributed by atoms with van der Waals surface area (Å²) in [5.74, 6) is -3.29. The molecule has 0 aliphatic heterocycles. The van der Waals surface area contributed by atoms with Crippen LogP contribution in [-0.2, 0) is 24.0 Å². The number of hydrogen-bond acceptors (Lipinski definition) is 8. The fraction of sp³-hybridized carbons (Fsp3) is 0.773. The smallest absolute Gasteiger partial charge is 0.326 e. The van der Waals surface area contributed by atoms with Gasteiger partial charge in [-0.05, 0) is 56.6 Å². The lowest BCUT2D eigenvalue weighted by molar-refractivity contribution is -0.142. The van der Waals surface area contributed by atoms with Gasteiger partial charge in [-0.15, -0.1) is 0 Å². The van der Waals surface area contributed by atoms with Crippen molar-refractivity contribution in [1.82, 2.24) is 16.0 Å². The van der Waals surface area contributed by atoms with Crippen molar-refractivity contribution in [3.63, 3.8) is 0 Å². The number of primary amides is 1. The van der Waals surface area contributed by atoms with Crippen LogP contribution >= 0.6 is 11.8 Å². The fourth-order valence-corrected chi connectivity index (χ4v) is 3.65. The monoisotopic (exact) mass is 518 g/mol. The Kier molecular flexibility index (Phi) is 16.7. The van der Waals surface area contributed by atoms with E-state index >= 15 is 0 Å². The lowest BCUT2D eigenvalue weighted by Gasteiger charge is -2.28. The number of amides is 4. The van der Waals surface area contributed by atoms with Crippen molar-refractivity contribution in [3.8, 4) is 0 Å². The molecule has 5 atom stereocenters. The first-order valence-corrected chi connectivity index (χ1v) is 13.2. The van der Waals surface area contributed by atoms with Crippen molar-refractivity contribution in [2.45, 2.75) is 83.0 Å². The number of carboxylic acid groups (broad SMARTS) is 1. The topological polar surface area (TPSA) is 220 Å². The van der Waals surface area contributed by atoms with Gasteiger partial charge in [0, 0.05) is 6.42 Å². The SMILES string of the molecule is CCC(C)C(NC(=O)C(N)CCC(N)=O)C(=O)NC(CCSC)C(=O)NC(CCCCN)C(=O)O. The van der Waals surface area contributed by atoms with Gasteiger partial charge in [-0.3, -0.25) is 19.2 Å². The van der Waals surface area contributed by atoms with Crippen LogP contribution in [0.1, 0.15) is 58.8 Å². The minimum atomic E-state index is -1.17. The Morgan fingerprint density at radius 1 is 0.914 bits per heavy atom. The van der Waals surface area contributed by atoms with Crippen LogP contribution in [0.4, 0.5) is 0 Å². The molecule has 0 heterocycles. The molecule has 0 aliphatic carbocycles. The van der Waals surface area contributed by atoms with Gasteiger partial charge in [-0.1, -0.05) is 20.3 Å². The van der Waals surface area contributed by atoms with E-state index in [-0.39, 0.29) is 31.6 Å². The van der Waals surface area contributed by atoms with Gasteiger partial charge < -0.3 is 38.3 Å². The van der Waals surface area contributed by atoms with Crippen molar-refractivity contribution in [3.05, 3.63) is 0 Å². The molecule has 0 aromatic carbocycles. The van der Waals surface area contributed by atoms with E-state index < -0.39 is 53.8 Å². The quantitative estimate of drug-likeness (QED) is 0.105. The maximum absolute atomic E-state index is 13.1. The number of unbranched alkanes of at least 4 members (excludes halogenated alkanes) is 1. The van der Waals surface area contributed by atoms with Gasteiger partial charge in [0.2, 0.25) is 23.6 Å². The molecule has 0 aromatic heterocycles. The molecule has 13 heteroatoms. The van der Waals surface area contributed by atoms with E-state index in [1.165, 1.54) is 11.8 Å². The molecule has 202 valence electrons. The zero-order chi connectivity index (χ0) is 27.0. The van der Waals surface area contributed by atoms with Gasteiger partial charge >= 0.3 is 5.97 Å². The van der Waals surface area contributed by atoms with Gasteiger partial charge in [-0.2, -0.15) is 11.8 Å². The van der Waals surface area contributed by atoms with E-state index in [4.69, 9.17) is 17.2 Å². The third-order valence-corrected chi connectivity index (χ3v) is 6.28. The van der Waals surface area contributed by atoms with Crippen molar-refractivity contribution in [2.24, 2.45) is 23.1 Å². The summed E-state index contributed by atoms with van der Waals surface area (Å²) in [7, 11) is 0. The second-order valence-corrected chi connectivity index (χ2v) is 9.50. The first kappa shape index (κ1) is 32.6. The van der Waals surface area contributed by atoms with Crippen molar-refractivity contribution < 1.29 is 29.1 Å². The number of carbonyl (C=O) groups excluding carboxylic acids is 4. The van der Waals surface area contributed by atoms with Gasteiger partial charge in [-0.25, -0.2) is 4.79 Å². The number of rotatable bonds is 19. The Hall–Kier alpha value is -2.38. The van der Waals surface area contributed by atoms with Crippen LogP contribution < -0.4 is 33.2 Å². The number of carbonyl (C=O) groups is 5. The lowest BCUT2D eigenvalue weighted by atomic mass is 9.97. The second kappa shape index (κ2) is 18.0. The molecule has 0 saturated heterocycles. The van der Waals surface area contributed by atoms with Crippen LogP contribution in [0.15, 0.2) is 0 Å². The third-order valence-electron chi connectivity index (χ3n) is 5.64. The van der Waals surface area contributed by atoms with Crippen molar-refractivity contribution >= 4 is 41.4 Å². The van der Waals surface area contributed by atoms with Crippen LogP contribution in [0.2, 0.25) is 0 Å². The predicted molar refractivity (Wildman–Crippen MR) is 135 cm³/mol. The number of thioether (sulfide) groups is 1. The van der Waals surface area contributed by atoms with Crippen molar-refractivity contribution in [1.29, 1.82) is 0 Å². The summed E-state index contributed by atoms with van der Waals surface area (Å²) < 4.78 is 0. The average Bonchev–Trinajstić information content (AvgIpc) is 2.81. The molecule has 0 bridgehead atoms. The number of aliphatic carboxylic acids is 1. The largest absolute Gasteiger partial charge is 0.480 e. The van der Waals surface area contributed by atoms with Gasteiger partial charge in [0.1, 0.15) is 18.1 Å². The van der Waals surface area contributed by atoms with E-state index in [1.54, 1.807) is 6.92 Å². The van der Waals surface area contributed by atoms with E-state index in [0.717, 1.165) is 0 Å². The Labute approximate surface area is 211 Å². The molecule has 10 N–H and O–H groups in total. The molecule has 4 amide bonds. The highest BCUT2D eigenvalue weighted by Gasteiger charge is 2.32. The van der Waals surface area contributed by atoms with Gasteiger partial charge in [0.05, 0.1) is 6.04 Å². The highest BCUT2D eigenvalue weighted by molar-refractivity contribution is 7.98. The lowest BCUT2D eigenvalue weighted by Crippen LogP contribution is -2.58. The Morgan fingerprint density at radius 3 is 2.06 bits per heavy atom. The minimum absolute atomic E-state index is 0.0372. The predicted octanol–water partition coefficient (Wildman–Crippen LogP) is -0.954. The molecular formula is C22H42N6O6S. The highest BCUT2D eigenvalue weighted by Crippen LogP contribution is 2.11. The molecule has 0 saturated carbocycles. The van der Waals surface area contributed by atoms with Crippen molar-refractivity contribution in [2.75, 3.05) is 18.6 Å².